The Bertz CT molecular complexity index is 776. The molecule has 1 saturated heterocycles. The SMILES string of the molecule is O=C(NCCc1cccs1)[C@@H]1CCc2sc(C(=O)N3CCCC3)cc2C1. The number of nitrogens with zero attached hydrogens (tertiary/aromatic N) is 1. The molecule has 4 rings (SSSR count). The maximum atomic E-state index is 12.6. The van der Waals surface area contributed by atoms with Crippen molar-refractivity contribution >= 4 is 34.5 Å². The van der Waals surface area contributed by atoms with Crippen molar-refractivity contribution in [1.82, 2.24) is 10.2 Å². The summed E-state index contributed by atoms with van der Waals surface area (Å²) in [6.45, 7) is 2.47. The van der Waals surface area contributed by atoms with Crippen molar-refractivity contribution in [1.29, 1.82) is 0 Å². The molecule has 138 valence electrons. The zero-order valence-electron chi connectivity index (χ0n) is 14.8. The molecule has 6 heteroatoms. The van der Waals surface area contributed by atoms with Crippen LogP contribution in [0.5, 0.6) is 0 Å². The normalized spacial score (nSPS) is 19.4. The summed E-state index contributed by atoms with van der Waals surface area (Å²) in [7, 11) is 0. The number of likely N-dealkylation sites (tertiary alicyclic amines) is 1. The van der Waals surface area contributed by atoms with E-state index in [2.05, 4.69) is 16.8 Å². The topological polar surface area (TPSA) is 49.4 Å². The van der Waals surface area contributed by atoms with Crippen molar-refractivity contribution in [2.24, 2.45) is 5.92 Å². The molecule has 2 amide bonds. The van der Waals surface area contributed by atoms with Crippen LogP contribution in [0.1, 0.15) is 44.3 Å². The largest absolute Gasteiger partial charge is 0.355 e. The highest BCUT2D eigenvalue weighted by Crippen LogP contribution is 2.33. The van der Waals surface area contributed by atoms with E-state index in [0.29, 0.717) is 6.54 Å². The first-order chi connectivity index (χ1) is 12.7. The smallest absolute Gasteiger partial charge is 0.263 e. The van der Waals surface area contributed by atoms with Gasteiger partial charge in [0.1, 0.15) is 0 Å². The van der Waals surface area contributed by atoms with E-state index in [4.69, 9.17) is 0 Å². The van der Waals surface area contributed by atoms with Crippen LogP contribution in [-0.2, 0) is 24.1 Å². The Morgan fingerprint density at radius 1 is 1.27 bits per heavy atom. The predicted octanol–water partition coefficient (Wildman–Crippen LogP) is 3.51. The van der Waals surface area contributed by atoms with Crippen LogP contribution in [0.2, 0.25) is 0 Å². The maximum Gasteiger partial charge on any atom is 0.263 e. The number of fused-ring (bicyclic) bond motifs is 1. The highest BCUT2D eigenvalue weighted by Gasteiger charge is 2.29. The Morgan fingerprint density at radius 3 is 2.88 bits per heavy atom. The second-order valence-electron chi connectivity index (χ2n) is 7.12. The molecule has 4 nitrogen and oxygen atoms in total. The van der Waals surface area contributed by atoms with Gasteiger partial charge in [0.05, 0.1) is 4.88 Å². The Kier molecular flexibility index (Phi) is 5.41. The molecule has 0 saturated carbocycles. The van der Waals surface area contributed by atoms with Crippen molar-refractivity contribution in [2.45, 2.75) is 38.5 Å². The van der Waals surface area contributed by atoms with Crippen LogP contribution in [0, 0.1) is 5.92 Å². The minimum Gasteiger partial charge on any atom is -0.355 e. The zero-order chi connectivity index (χ0) is 17.9. The van der Waals surface area contributed by atoms with E-state index in [9.17, 15) is 9.59 Å². The number of rotatable bonds is 5. The summed E-state index contributed by atoms with van der Waals surface area (Å²) >= 11 is 3.37. The van der Waals surface area contributed by atoms with E-state index in [1.54, 1.807) is 22.7 Å². The number of nitrogens with one attached hydrogen (secondary N) is 1. The molecule has 0 radical (unpaired) electrons. The maximum absolute atomic E-state index is 12.6. The van der Waals surface area contributed by atoms with Gasteiger partial charge in [0.2, 0.25) is 5.91 Å². The number of thiophene rings is 2. The van der Waals surface area contributed by atoms with E-state index < -0.39 is 0 Å². The number of amides is 2. The lowest BCUT2D eigenvalue weighted by Gasteiger charge is -2.21. The van der Waals surface area contributed by atoms with Gasteiger partial charge in [-0.15, -0.1) is 22.7 Å². The molecule has 26 heavy (non-hydrogen) atoms. The molecule has 1 fully saturated rings. The lowest BCUT2D eigenvalue weighted by Crippen LogP contribution is -2.34. The van der Waals surface area contributed by atoms with Crippen LogP contribution in [-0.4, -0.2) is 36.3 Å². The highest BCUT2D eigenvalue weighted by atomic mass is 32.1. The first kappa shape index (κ1) is 17.7. The molecule has 1 N–H and O–H groups in total. The van der Waals surface area contributed by atoms with E-state index in [0.717, 1.165) is 56.5 Å². The lowest BCUT2D eigenvalue weighted by atomic mass is 9.87. The van der Waals surface area contributed by atoms with Crippen molar-refractivity contribution < 1.29 is 9.59 Å². The van der Waals surface area contributed by atoms with Crippen molar-refractivity contribution in [3.05, 3.63) is 43.8 Å². The van der Waals surface area contributed by atoms with E-state index in [1.807, 2.05) is 17.0 Å². The molecule has 0 aromatic carbocycles. The fraction of sp³-hybridized carbons (Fsp3) is 0.500. The fourth-order valence-corrected chi connectivity index (χ4v) is 5.72. The molecule has 2 aromatic heterocycles. The van der Waals surface area contributed by atoms with Gasteiger partial charge in [0.15, 0.2) is 0 Å². The second-order valence-corrected chi connectivity index (χ2v) is 9.29. The van der Waals surface area contributed by atoms with E-state index in [-0.39, 0.29) is 17.7 Å². The monoisotopic (exact) mass is 388 g/mol. The molecule has 1 aliphatic heterocycles. The number of carbonyl (C=O) groups excluding carboxylic acids is 2. The van der Waals surface area contributed by atoms with Crippen LogP contribution in [0.25, 0.3) is 0 Å². The second kappa shape index (κ2) is 7.92. The summed E-state index contributed by atoms with van der Waals surface area (Å²) in [4.78, 5) is 30.5. The molecular formula is C20H24N2O2S2. The third-order valence-corrected chi connectivity index (χ3v) is 7.47. The van der Waals surface area contributed by atoms with Gasteiger partial charge in [-0.05, 0) is 61.6 Å². The standard InChI is InChI=1S/C20H24N2O2S2/c23-19(21-8-7-16-4-3-11-25-16)14-5-6-17-15(12-14)13-18(26-17)20(24)22-9-1-2-10-22/h3-4,11,13-14H,1-2,5-10,12H2,(H,21,23)/t14-/m1/s1. The zero-order valence-corrected chi connectivity index (χ0v) is 16.5. The van der Waals surface area contributed by atoms with Gasteiger partial charge in [-0.25, -0.2) is 0 Å². The molecule has 3 heterocycles. The van der Waals surface area contributed by atoms with Gasteiger partial charge in [-0.3, -0.25) is 9.59 Å². The van der Waals surface area contributed by atoms with Crippen LogP contribution >= 0.6 is 22.7 Å². The third-order valence-electron chi connectivity index (χ3n) is 5.31. The molecular weight excluding hydrogens is 364 g/mol. The molecule has 1 aliphatic carbocycles. The first-order valence-corrected chi connectivity index (χ1v) is 11.1. The number of aryl methyl sites for hydroxylation is 1. The van der Waals surface area contributed by atoms with Crippen LogP contribution in [0.4, 0.5) is 0 Å². The van der Waals surface area contributed by atoms with Crippen molar-refractivity contribution in [3.63, 3.8) is 0 Å². The van der Waals surface area contributed by atoms with Crippen LogP contribution < -0.4 is 5.32 Å². The minimum absolute atomic E-state index is 0.0372. The van der Waals surface area contributed by atoms with Gasteiger partial charge < -0.3 is 10.2 Å². The molecule has 2 aliphatic rings. The fourth-order valence-electron chi connectivity index (χ4n) is 3.84. The van der Waals surface area contributed by atoms with Crippen LogP contribution in [0.3, 0.4) is 0 Å². The molecule has 0 spiro atoms. The highest BCUT2D eigenvalue weighted by molar-refractivity contribution is 7.14. The van der Waals surface area contributed by atoms with Gasteiger partial charge >= 0.3 is 0 Å². The number of hydrogen-bond donors (Lipinski definition) is 1. The summed E-state index contributed by atoms with van der Waals surface area (Å²) in [6, 6.07) is 6.20. The number of hydrogen-bond acceptors (Lipinski definition) is 4. The molecule has 1 atom stereocenters. The Hall–Kier alpha value is -1.66. The lowest BCUT2D eigenvalue weighted by molar-refractivity contribution is -0.125. The quantitative estimate of drug-likeness (QED) is 0.852. The average Bonchev–Trinajstić information content (AvgIpc) is 3.40. The molecule has 0 bridgehead atoms. The summed E-state index contributed by atoms with van der Waals surface area (Å²) in [6.07, 6.45) is 5.69. The van der Waals surface area contributed by atoms with Gasteiger partial charge in [0, 0.05) is 35.3 Å². The third kappa shape index (κ3) is 3.86. The van der Waals surface area contributed by atoms with E-state index >= 15 is 0 Å². The van der Waals surface area contributed by atoms with Gasteiger partial charge in [-0.1, -0.05) is 6.07 Å². The molecule has 0 unspecified atom stereocenters. The number of carbonyl (C=O) groups is 2. The minimum atomic E-state index is 0.0372. The summed E-state index contributed by atoms with van der Waals surface area (Å²) in [5.74, 6) is 0.375. The van der Waals surface area contributed by atoms with Crippen LogP contribution in [0.15, 0.2) is 23.6 Å². The van der Waals surface area contributed by atoms with E-state index in [1.165, 1.54) is 15.3 Å². The van der Waals surface area contributed by atoms with Crippen molar-refractivity contribution in [3.8, 4) is 0 Å². The summed E-state index contributed by atoms with van der Waals surface area (Å²) < 4.78 is 0. The first-order valence-electron chi connectivity index (χ1n) is 9.41. The van der Waals surface area contributed by atoms with Gasteiger partial charge in [0.25, 0.3) is 5.91 Å². The predicted molar refractivity (Wildman–Crippen MR) is 106 cm³/mol. The Morgan fingerprint density at radius 2 is 2.12 bits per heavy atom. The molecule has 2 aromatic rings. The summed E-state index contributed by atoms with van der Waals surface area (Å²) in [5.41, 5.74) is 1.21. The van der Waals surface area contributed by atoms with Crippen molar-refractivity contribution in [2.75, 3.05) is 19.6 Å². The average molecular weight is 389 g/mol. The summed E-state index contributed by atoms with van der Waals surface area (Å²) in [5, 5.41) is 5.16. The Balaban J connectivity index is 1.33. The Labute approximate surface area is 162 Å². The van der Waals surface area contributed by atoms with Gasteiger partial charge in [-0.2, -0.15) is 0 Å².